The van der Waals surface area contributed by atoms with Gasteiger partial charge < -0.3 is 5.73 Å². The number of rotatable bonds is 5. The second kappa shape index (κ2) is 6.05. The molecule has 1 unspecified atom stereocenters. The number of hydrogen-bond acceptors (Lipinski definition) is 5. The topological polar surface area (TPSA) is 120 Å². The van der Waals surface area contributed by atoms with Gasteiger partial charge in [-0.05, 0) is 24.6 Å². The third-order valence-corrected chi connectivity index (χ3v) is 7.27. The minimum Gasteiger partial charge on any atom is -0.398 e. The van der Waals surface area contributed by atoms with Crippen molar-refractivity contribution in [2.24, 2.45) is 5.14 Å². The monoisotopic (exact) mass is 360 g/mol. The fourth-order valence-electron chi connectivity index (χ4n) is 1.84. The zero-order valence-corrected chi connectivity index (χ0v) is 13.1. The van der Waals surface area contributed by atoms with Gasteiger partial charge in [-0.25, -0.2) is 22.0 Å². The van der Waals surface area contributed by atoms with Gasteiger partial charge in [0.15, 0.2) is 14.4 Å². The minimum atomic E-state index is -4.86. The molecule has 0 saturated heterocycles. The molecule has 0 fully saturated rings. The van der Waals surface area contributed by atoms with Crippen molar-refractivity contribution in [1.82, 2.24) is 0 Å². The van der Waals surface area contributed by atoms with Crippen molar-refractivity contribution < 1.29 is 30.0 Å². The molecular weight excluding hydrogens is 345 g/mol. The maximum atomic E-state index is 12.8. The number of halogens is 3. The van der Waals surface area contributed by atoms with Crippen molar-refractivity contribution in [2.45, 2.75) is 35.4 Å². The summed E-state index contributed by atoms with van der Waals surface area (Å²) in [4.78, 5) is -0.790. The Hall–Kier alpha value is -1.33. The Bertz CT molecular complexity index is 758. The average Bonchev–Trinajstić information content (AvgIpc) is 2.33. The first-order valence-corrected chi connectivity index (χ1v) is 9.19. The number of nitrogens with two attached hydrogens (primary N) is 2. The van der Waals surface area contributed by atoms with Crippen LogP contribution in [-0.4, -0.2) is 21.4 Å². The summed E-state index contributed by atoms with van der Waals surface area (Å²) in [5.74, 6) is 0. The Labute approximate surface area is 126 Å². The van der Waals surface area contributed by atoms with E-state index in [1.54, 1.807) is 0 Å². The van der Waals surface area contributed by atoms with Crippen LogP contribution >= 0.6 is 0 Å². The third kappa shape index (κ3) is 3.90. The van der Waals surface area contributed by atoms with Gasteiger partial charge in [-0.15, -0.1) is 0 Å². The Morgan fingerprint density at radius 2 is 1.73 bits per heavy atom. The van der Waals surface area contributed by atoms with Crippen LogP contribution in [0.25, 0.3) is 0 Å². The summed E-state index contributed by atoms with van der Waals surface area (Å²) in [6.07, 6.45) is -5.02. The lowest BCUT2D eigenvalue weighted by Gasteiger charge is -2.17. The van der Waals surface area contributed by atoms with E-state index in [2.05, 4.69) is 0 Å². The molecule has 1 rings (SSSR count). The number of hydrogen-bond donors (Lipinski definition) is 2. The number of nitrogen functional groups attached to an aromatic ring is 1. The lowest BCUT2D eigenvalue weighted by Crippen LogP contribution is -2.35. The first-order valence-electron chi connectivity index (χ1n) is 6.04. The van der Waals surface area contributed by atoms with Gasteiger partial charge in [0.05, 0.1) is 10.5 Å². The van der Waals surface area contributed by atoms with E-state index in [1.807, 2.05) is 0 Å². The molecule has 0 aromatic heterocycles. The van der Waals surface area contributed by atoms with Crippen molar-refractivity contribution in [2.75, 3.05) is 5.73 Å². The van der Waals surface area contributed by atoms with E-state index in [0.717, 1.165) is 12.1 Å². The Morgan fingerprint density at radius 3 is 2.14 bits per heavy atom. The van der Waals surface area contributed by atoms with Crippen LogP contribution in [0, 0.1) is 0 Å². The normalized spacial score (nSPS) is 14.8. The molecule has 1 aromatic carbocycles. The summed E-state index contributed by atoms with van der Waals surface area (Å²) < 4.78 is 83.8. The molecule has 0 saturated carbocycles. The van der Waals surface area contributed by atoms with Crippen LogP contribution in [0.5, 0.6) is 0 Å². The van der Waals surface area contributed by atoms with Gasteiger partial charge in [0, 0.05) is 5.69 Å². The standard InChI is InChI=1S/C11H15F3N2O4S2/c1-2-3-10(22(16,19)20)21(17,18)7-4-5-9(15)8(6-7)11(12,13)14/h4-6,10H,2-3,15H2,1H3,(H2,16,19,20). The highest BCUT2D eigenvalue weighted by molar-refractivity contribution is 8.08. The molecular formula is C11H15F3N2O4S2. The molecule has 0 spiro atoms. The SMILES string of the molecule is CCCC(S(N)(=O)=O)S(=O)(=O)c1ccc(N)c(C(F)(F)F)c1. The molecule has 0 aliphatic carbocycles. The van der Waals surface area contributed by atoms with Gasteiger partial charge in [0.2, 0.25) is 10.0 Å². The minimum absolute atomic E-state index is 0.168. The summed E-state index contributed by atoms with van der Waals surface area (Å²) in [5.41, 5.74) is 3.17. The van der Waals surface area contributed by atoms with E-state index in [9.17, 15) is 30.0 Å². The highest BCUT2D eigenvalue weighted by Gasteiger charge is 2.39. The molecule has 0 bridgehead atoms. The third-order valence-electron chi connectivity index (χ3n) is 2.90. The second-order valence-corrected chi connectivity index (χ2v) is 8.78. The maximum absolute atomic E-state index is 12.8. The number of sulfone groups is 1. The molecule has 0 heterocycles. The molecule has 0 aliphatic heterocycles. The molecule has 1 atom stereocenters. The number of benzene rings is 1. The van der Waals surface area contributed by atoms with Crippen LogP contribution in [0.15, 0.2) is 23.1 Å². The molecule has 126 valence electrons. The van der Waals surface area contributed by atoms with E-state index >= 15 is 0 Å². The van der Waals surface area contributed by atoms with E-state index < -0.39 is 46.8 Å². The predicted molar refractivity (Wildman–Crippen MR) is 74.8 cm³/mol. The van der Waals surface area contributed by atoms with Crippen LogP contribution in [0.3, 0.4) is 0 Å². The van der Waals surface area contributed by atoms with Crippen molar-refractivity contribution in [3.63, 3.8) is 0 Å². The molecule has 0 radical (unpaired) electrons. The van der Waals surface area contributed by atoms with E-state index in [0.29, 0.717) is 6.07 Å². The highest BCUT2D eigenvalue weighted by atomic mass is 32.3. The van der Waals surface area contributed by atoms with Crippen LogP contribution < -0.4 is 10.9 Å². The van der Waals surface area contributed by atoms with Crippen molar-refractivity contribution in [1.29, 1.82) is 0 Å². The number of sulfonamides is 1. The van der Waals surface area contributed by atoms with Crippen molar-refractivity contribution in [3.05, 3.63) is 23.8 Å². The Kier molecular flexibility index (Phi) is 5.15. The molecule has 1 aromatic rings. The predicted octanol–water partition coefficient (Wildman–Crippen LogP) is 1.48. The van der Waals surface area contributed by atoms with Crippen LogP contribution in [0.4, 0.5) is 18.9 Å². The molecule has 11 heteroatoms. The zero-order valence-electron chi connectivity index (χ0n) is 11.5. The largest absolute Gasteiger partial charge is 0.418 e. The molecule has 0 aliphatic rings. The van der Waals surface area contributed by atoms with Gasteiger partial charge in [0.25, 0.3) is 0 Å². The summed E-state index contributed by atoms with van der Waals surface area (Å²) in [6, 6.07) is 1.91. The lowest BCUT2D eigenvalue weighted by molar-refractivity contribution is -0.137. The molecule has 0 amide bonds. The summed E-state index contributed by atoms with van der Waals surface area (Å²) in [7, 11) is -9.08. The smallest absolute Gasteiger partial charge is 0.398 e. The van der Waals surface area contributed by atoms with Gasteiger partial charge in [-0.3, -0.25) is 0 Å². The average molecular weight is 360 g/mol. The van der Waals surface area contributed by atoms with Crippen molar-refractivity contribution >= 4 is 25.5 Å². The Balaban J connectivity index is 3.53. The first kappa shape index (κ1) is 18.7. The number of alkyl halides is 3. The fraction of sp³-hybridized carbons (Fsp3) is 0.455. The summed E-state index contributed by atoms with van der Waals surface area (Å²) in [5, 5.41) is 4.89. The van der Waals surface area contributed by atoms with Crippen LogP contribution in [-0.2, 0) is 26.0 Å². The van der Waals surface area contributed by atoms with Gasteiger partial charge in [0.1, 0.15) is 0 Å². The van der Waals surface area contributed by atoms with Crippen LogP contribution in [0.1, 0.15) is 25.3 Å². The van der Waals surface area contributed by atoms with E-state index in [-0.39, 0.29) is 12.8 Å². The van der Waals surface area contributed by atoms with E-state index in [1.165, 1.54) is 6.92 Å². The maximum Gasteiger partial charge on any atom is 0.418 e. The van der Waals surface area contributed by atoms with E-state index in [4.69, 9.17) is 10.9 Å². The molecule has 4 N–H and O–H groups in total. The highest BCUT2D eigenvalue weighted by Crippen LogP contribution is 2.36. The van der Waals surface area contributed by atoms with Gasteiger partial charge in [-0.1, -0.05) is 13.3 Å². The second-order valence-electron chi connectivity index (χ2n) is 4.60. The Morgan fingerprint density at radius 1 is 1.18 bits per heavy atom. The number of primary sulfonamides is 1. The lowest BCUT2D eigenvalue weighted by atomic mass is 10.2. The van der Waals surface area contributed by atoms with Gasteiger partial charge in [-0.2, -0.15) is 13.2 Å². The quantitative estimate of drug-likeness (QED) is 0.771. The molecule has 22 heavy (non-hydrogen) atoms. The first-order chi connectivity index (χ1) is 9.81. The molecule has 6 nitrogen and oxygen atoms in total. The number of anilines is 1. The van der Waals surface area contributed by atoms with Gasteiger partial charge >= 0.3 is 6.18 Å². The zero-order chi connectivity index (χ0) is 17.3. The fourth-order valence-corrected chi connectivity index (χ4v) is 5.54. The summed E-state index contributed by atoms with van der Waals surface area (Å²) >= 11 is 0. The van der Waals surface area contributed by atoms with Crippen molar-refractivity contribution in [3.8, 4) is 0 Å². The summed E-state index contributed by atoms with van der Waals surface area (Å²) in [6.45, 7) is 1.53. The van der Waals surface area contributed by atoms with Crippen LogP contribution in [0.2, 0.25) is 0 Å².